The first kappa shape index (κ1) is 42.3. The molecule has 0 saturated carbocycles. The highest BCUT2D eigenvalue weighted by Crippen LogP contribution is 2.41. The van der Waals surface area contributed by atoms with Crippen molar-refractivity contribution in [1.82, 2.24) is 20.2 Å². The van der Waals surface area contributed by atoms with E-state index in [0.717, 1.165) is 50.2 Å². The summed E-state index contributed by atoms with van der Waals surface area (Å²) in [5.41, 5.74) is 8.24. The van der Waals surface area contributed by atoms with Gasteiger partial charge in [0.15, 0.2) is 29.2 Å². The van der Waals surface area contributed by atoms with Gasteiger partial charge in [0.1, 0.15) is 30.2 Å². The average molecular weight is 876 g/mol. The summed E-state index contributed by atoms with van der Waals surface area (Å²) in [4.78, 5) is 51.1. The lowest BCUT2D eigenvalue weighted by Crippen LogP contribution is -2.56. The molecule has 2 N–H and O–H groups in total. The maximum Gasteiger partial charge on any atom is 0.326 e. The molecule has 3 unspecified atom stereocenters. The van der Waals surface area contributed by atoms with Crippen LogP contribution in [-0.4, -0.2) is 63.1 Å². The zero-order chi connectivity index (χ0) is 43.7. The van der Waals surface area contributed by atoms with Gasteiger partial charge in [-0.2, -0.15) is 0 Å². The van der Waals surface area contributed by atoms with E-state index in [2.05, 4.69) is 15.3 Å². The second-order valence-corrected chi connectivity index (χ2v) is 16.4. The molecule has 4 aromatic carbocycles. The summed E-state index contributed by atoms with van der Waals surface area (Å²) in [7, 11) is 0. The van der Waals surface area contributed by atoms with Gasteiger partial charge in [0.25, 0.3) is 5.91 Å². The number of carboxylic acids is 1. The number of aryl methyl sites for hydroxylation is 3. The van der Waals surface area contributed by atoms with Crippen molar-refractivity contribution in [1.29, 1.82) is 0 Å². The minimum Gasteiger partial charge on any atom is -0.493 e. The van der Waals surface area contributed by atoms with Crippen LogP contribution in [0, 0.1) is 27.7 Å². The van der Waals surface area contributed by atoms with Crippen LogP contribution in [0.25, 0.3) is 11.1 Å². The Kier molecular flexibility index (Phi) is 12.2. The number of fused-ring (bicyclic) bond motifs is 2. The van der Waals surface area contributed by atoms with E-state index >= 15 is 0 Å². The molecule has 0 spiro atoms. The van der Waals surface area contributed by atoms with E-state index in [-0.39, 0.29) is 31.7 Å². The van der Waals surface area contributed by atoms with E-state index in [1.807, 2.05) is 92.7 Å². The number of nitrogens with zero attached hydrogens (tertiary/aromatic N) is 3. The Hall–Kier alpha value is -6.37. The van der Waals surface area contributed by atoms with Crippen LogP contribution in [0.5, 0.6) is 17.2 Å². The predicted octanol–water partition coefficient (Wildman–Crippen LogP) is 8.79. The van der Waals surface area contributed by atoms with Crippen molar-refractivity contribution < 1.29 is 38.1 Å². The first-order valence-corrected chi connectivity index (χ1v) is 21.0. The molecule has 14 heteroatoms. The Bertz CT molecular complexity index is 2670. The van der Waals surface area contributed by atoms with Crippen LogP contribution in [0.1, 0.15) is 67.3 Å². The molecular formula is C48H44Cl2N4O8. The number of nitrogens with one attached hydrogen (secondary N) is 1. The fraction of sp³-hybridized carbons (Fsp3) is 0.271. The summed E-state index contributed by atoms with van der Waals surface area (Å²) in [5, 5.41) is 14.1. The van der Waals surface area contributed by atoms with Crippen LogP contribution in [0.2, 0.25) is 10.0 Å². The quantitative estimate of drug-likeness (QED) is 0.122. The molecule has 12 nitrogen and oxygen atoms in total. The number of aromatic nitrogens is 2. The number of rotatable bonds is 12. The predicted molar refractivity (Wildman–Crippen MR) is 233 cm³/mol. The van der Waals surface area contributed by atoms with E-state index in [0.29, 0.717) is 52.0 Å². The number of hydrogen-bond acceptors (Lipinski definition) is 9. The monoisotopic (exact) mass is 874 g/mol. The lowest BCUT2D eigenvalue weighted by molar-refractivity contribution is -0.142. The van der Waals surface area contributed by atoms with Gasteiger partial charge in [0.2, 0.25) is 5.91 Å². The maximum absolute atomic E-state index is 14.2. The molecule has 318 valence electrons. The molecule has 2 aromatic heterocycles. The molecule has 0 fully saturated rings. The van der Waals surface area contributed by atoms with E-state index in [4.69, 9.17) is 41.8 Å². The minimum absolute atomic E-state index is 0.0280. The van der Waals surface area contributed by atoms with Gasteiger partial charge in [0, 0.05) is 44.6 Å². The van der Waals surface area contributed by atoms with E-state index in [1.54, 1.807) is 26.1 Å². The van der Waals surface area contributed by atoms with Gasteiger partial charge in [0.05, 0.1) is 16.7 Å². The number of carboxylic acid groups (broad SMARTS) is 1. The first-order chi connectivity index (χ1) is 29.8. The molecule has 2 amide bonds. The van der Waals surface area contributed by atoms with Gasteiger partial charge in [-0.3, -0.25) is 14.6 Å². The van der Waals surface area contributed by atoms with Gasteiger partial charge in [-0.1, -0.05) is 65.7 Å². The normalized spacial score (nSPS) is 16.0. The van der Waals surface area contributed by atoms with Crippen molar-refractivity contribution in [2.24, 2.45) is 0 Å². The second kappa shape index (κ2) is 17.9. The van der Waals surface area contributed by atoms with Crippen molar-refractivity contribution in [2.75, 3.05) is 13.2 Å². The van der Waals surface area contributed by atoms with Gasteiger partial charge >= 0.3 is 5.97 Å². The van der Waals surface area contributed by atoms with E-state index in [9.17, 15) is 19.5 Å². The third kappa shape index (κ3) is 9.12. The topological polar surface area (TPSA) is 153 Å². The summed E-state index contributed by atoms with van der Waals surface area (Å²) >= 11 is 12.2. The minimum atomic E-state index is -1.26. The highest BCUT2D eigenvalue weighted by Gasteiger charge is 2.39. The molecule has 8 rings (SSSR count). The van der Waals surface area contributed by atoms with Gasteiger partial charge in [-0.05, 0) is 108 Å². The Balaban J connectivity index is 0.976. The smallest absolute Gasteiger partial charge is 0.326 e. The number of carbonyl (C=O) groups is 3. The standard InChI is InChI=1S/C48H44Cl2N4O8/c1-26-27(2)51-17-15-37(26)32-8-5-30(6-9-32)20-40(48(57)58)53-46(55)41-21-34-22-42-43(23-35(34)24-54(41)47(56)45-28(3)61-29(4)52-45)62-44(25-60-42)33-10-12-36(13-11-33)59-18-16-31-7-14-38(49)39(50)19-31/h5-15,17,19,22-23,40-41,44H,16,18,20-21,24-25H2,1-4H3,(H,53,55)(H,57,58). The van der Waals surface area contributed by atoms with Crippen LogP contribution in [0.15, 0.2) is 95.5 Å². The zero-order valence-electron chi connectivity index (χ0n) is 34.5. The highest BCUT2D eigenvalue weighted by molar-refractivity contribution is 6.42. The molecule has 0 aliphatic carbocycles. The second-order valence-electron chi connectivity index (χ2n) is 15.6. The lowest BCUT2D eigenvalue weighted by Gasteiger charge is -2.37. The molecule has 2 aliphatic heterocycles. The van der Waals surface area contributed by atoms with Gasteiger partial charge in [-0.25, -0.2) is 9.78 Å². The summed E-state index contributed by atoms with van der Waals surface area (Å²) in [6.45, 7) is 7.97. The molecular weight excluding hydrogens is 831 g/mol. The number of benzene rings is 4. The number of oxazole rings is 1. The summed E-state index contributed by atoms with van der Waals surface area (Å²) in [5.74, 6) is 0.0165. The first-order valence-electron chi connectivity index (χ1n) is 20.2. The fourth-order valence-electron chi connectivity index (χ4n) is 7.86. The average Bonchev–Trinajstić information content (AvgIpc) is 3.61. The molecule has 3 atom stereocenters. The highest BCUT2D eigenvalue weighted by atomic mass is 35.5. The zero-order valence-corrected chi connectivity index (χ0v) is 36.0. The number of halogens is 2. The summed E-state index contributed by atoms with van der Waals surface area (Å²) < 4.78 is 24.3. The van der Waals surface area contributed by atoms with Crippen LogP contribution < -0.4 is 19.5 Å². The number of amides is 2. The SMILES string of the molecule is Cc1nc(C(=O)N2Cc3cc4c(cc3CC2C(=O)NC(Cc2ccc(-c3ccnc(C)c3C)cc2)C(=O)O)OCC(c2ccc(OCCc3ccc(Cl)c(Cl)c3)cc2)O4)c(C)o1. The Morgan fingerprint density at radius 1 is 0.903 bits per heavy atom. The van der Waals surface area contributed by atoms with Crippen LogP contribution in [0.4, 0.5) is 0 Å². The van der Waals surface area contributed by atoms with Crippen LogP contribution in [-0.2, 0) is 35.4 Å². The summed E-state index contributed by atoms with van der Waals surface area (Å²) in [6, 6.07) is 24.0. The third-order valence-corrected chi connectivity index (χ3v) is 12.1. The Morgan fingerprint density at radius 3 is 2.35 bits per heavy atom. The van der Waals surface area contributed by atoms with Gasteiger partial charge < -0.3 is 34.0 Å². The largest absolute Gasteiger partial charge is 0.493 e. The molecule has 62 heavy (non-hydrogen) atoms. The van der Waals surface area contributed by atoms with Crippen LogP contribution in [0.3, 0.4) is 0 Å². The molecule has 6 aromatic rings. The maximum atomic E-state index is 14.2. The van der Waals surface area contributed by atoms with E-state index < -0.39 is 36.0 Å². The van der Waals surface area contributed by atoms with Crippen molar-refractivity contribution in [3.63, 3.8) is 0 Å². The molecule has 0 bridgehead atoms. The Labute approximate surface area is 368 Å². The molecule has 4 heterocycles. The number of ether oxygens (including phenoxy) is 3. The van der Waals surface area contributed by atoms with Crippen molar-refractivity contribution >= 4 is 41.0 Å². The lowest BCUT2D eigenvalue weighted by atomic mass is 9.91. The van der Waals surface area contributed by atoms with Crippen molar-refractivity contribution in [2.45, 2.75) is 71.7 Å². The fourth-order valence-corrected chi connectivity index (χ4v) is 8.18. The van der Waals surface area contributed by atoms with Crippen molar-refractivity contribution in [3.8, 4) is 28.4 Å². The number of aliphatic carboxylic acids is 1. The third-order valence-electron chi connectivity index (χ3n) is 11.4. The summed E-state index contributed by atoms with van der Waals surface area (Å²) in [6.07, 6.45) is 2.14. The molecule has 2 aliphatic rings. The Morgan fingerprint density at radius 2 is 1.65 bits per heavy atom. The van der Waals surface area contributed by atoms with E-state index in [1.165, 1.54) is 4.90 Å². The van der Waals surface area contributed by atoms with Gasteiger partial charge in [-0.15, -0.1) is 0 Å². The van der Waals surface area contributed by atoms with Crippen LogP contribution >= 0.6 is 23.2 Å². The number of carbonyl (C=O) groups excluding carboxylic acids is 2. The number of pyridine rings is 1. The number of hydrogen-bond donors (Lipinski definition) is 2. The van der Waals surface area contributed by atoms with Crippen molar-refractivity contribution in [3.05, 3.63) is 158 Å². The molecule has 0 radical (unpaired) electrons. The molecule has 0 saturated heterocycles.